The topological polar surface area (TPSA) is 86.7 Å². The molecule has 0 radical (unpaired) electrons. The first kappa shape index (κ1) is 13.7. The van der Waals surface area contributed by atoms with Crippen molar-refractivity contribution in [1.29, 1.82) is 0 Å². The summed E-state index contributed by atoms with van der Waals surface area (Å²) in [6.45, 7) is 1.28. The number of carbonyl (C=O) groups is 3. The Bertz CT molecular complexity index is 485. The molecule has 0 saturated carbocycles. The van der Waals surface area contributed by atoms with Crippen LogP contribution < -0.4 is 5.32 Å². The van der Waals surface area contributed by atoms with Crippen molar-refractivity contribution >= 4 is 23.5 Å². The van der Waals surface area contributed by atoms with Gasteiger partial charge in [0.1, 0.15) is 0 Å². The predicted molar refractivity (Wildman–Crippen MR) is 65.3 cm³/mol. The van der Waals surface area contributed by atoms with E-state index in [0.29, 0.717) is 5.69 Å². The molecule has 0 saturated heterocycles. The fraction of sp³-hybridized carbons (Fsp3) is 0.250. The lowest BCUT2D eigenvalue weighted by Gasteiger charge is -2.14. The average molecular weight is 250 g/mol. The number of carboxylic acid groups (broad SMARTS) is 1. The minimum absolute atomic E-state index is 0.0768. The Balaban J connectivity index is 2.67. The van der Waals surface area contributed by atoms with Crippen molar-refractivity contribution in [1.82, 2.24) is 4.90 Å². The SMILES string of the molecule is CC(=O)N(C)CC(=O)Nc1cccc(C(=O)O)c1. The molecule has 0 aliphatic carbocycles. The summed E-state index contributed by atoms with van der Waals surface area (Å²) in [5, 5.41) is 11.3. The maximum Gasteiger partial charge on any atom is 0.335 e. The number of anilines is 1. The summed E-state index contributed by atoms with van der Waals surface area (Å²) in [5.41, 5.74) is 0.476. The summed E-state index contributed by atoms with van der Waals surface area (Å²) in [7, 11) is 1.51. The molecule has 0 aliphatic heterocycles. The Morgan fingerprint density at radius 2 is 2.00 bits per heavy atom. The highest BCUT2D eigenvalue weighted by molar-refractivity contribution is 5.96. The molecule has 1 aromatic rings. The van der Waals surface area contributed by atoms with Crippen LogP contribution in [0.15, 0.2) is 24.3 Å². The van der Waals surface area contributed by atoms with Gasteiger partial charge in [0.2, 0.25) is 11.8 Å². The molecule has 0 aliphatic rings. The fourth-order valence-electron chi connectivity index (χ4n) is 1.26. The molecular weight excluding hydrogens is 236 g/mol. The maximum atomic E-state index is 11.6. The van der Waals surface area contributed by atoms with Gasteiger partial charge >= 0.3 is 5.97 Å². The third-order valence-electron chi connectivity index (χ3n) is 2.31. The first-order chi connectivity index (χ1) is 8.40. The quantitative estimate of drug-likeness (QED) is 0.827. The molecule has 6 nitrogen and oxygen atoms in total. The number of likely N-dealkylation sites (N-methyl/N-ethyl adjacent to an activating group) is 1. The molecule has 96 valence electrons. The van der Waals surface area contributed by atoms with Crippen LogP contribution in [0.5, 0.6) is 0 Å². The lowest BCUT2D eigenvalue weighted by molar-refractivity contribution is -0.131. The minimum atomic E-state index is -1.06. The smallest absolute Gasteiger partial charge is 0.335 e. The molecule has 0 heterocycles. The van der Waals surface area contributed by atoms with E-state index >= 15 is 0 Å². The van der Waals surface area contributed by atoms with Gasteiger partial charge in [-0.15, -0.1) is 0 Å². The van der Waals surface area contributed by atoms with Gasteiger partial charge in [0, 0.05) is 19.7 Å². The fourth-order valence-corrected chi connectivity index (χ4v) is 1.26. The zero-order chi connectivity index (χ0) is 13.7. The third kappa shape index (κ3) is 3.89. The number of hydrogen-bond donors (Lipinski definition) is 2. The highest BCUT2D eigenvalue weighted by Crippen LogP contribution is 2.10. The number of carbonyl (C=O) groups excluding carboxylic acids is 2. The Labute approximate surface area is 104 Å². The molecule has 0 aromatic heterocycles. The molecule has 0 spiro atoms. The summed E-state index contributed by atoms with van der Waals surface area (Å²) in [6, 6.07) is 5.90. The van der Waals surface area contributed by atoms with Gasteiger partial charge < -0.3 is 15.3 Å². The summed E-state index contributed by atoms with van der Waals surface area (Å²) in [4.78, 5) is 34.5. The van der Waals surface area contributed by atoms with Crippen LogP contribution in [0.4, 0.5) is 5.69 Å². The Morgan fingerprint density at radius 3 is 2.56 bits per heavy atom. The highest BCUT2D eigenvalue weighted by atomic mass is 16.4. The Hall–Kier alpha value is -2.37. The first-order valence-corrected chi connectivity index (χ1v) is 5.25. The van der Waals surface area contributed by atoms with E-state index in [4.69, 9.17) is 5.11 Å². The van der Waals surface area contributed by atoms with Crippen molar-refractivity contribution in [2.45, 2.75) is 6.92 Å². The zero-order valence-corrected chi connectivity index (χ0v) is 10.1. The Kier molecular flexibility index (Phi) is 4.42. The number of rotatable bonds is 4. The van der Waals surface area contributed by atoms with E-state index in [9.17, 15) is 14.4 Å². The number of aromatic carboxylic acids is 1. The molecule has 2 amide bonds. The van der Waals surface area contributed by atoms with Gasteiger partial charge in [0.25, 0.3) is 0 Å². The standard InChI is InChI=1S/C12H14N2O4/c1-8(15)14(2)7-11(16)13-10-5-3-4-9(6-10)12(17)18/h3-6H,7H2,1-2H3,(H,13,16)(H,17,18). The normalized spacial score (nSPS) is 9.67. The molecule has 0 atom stereocenters. The van der Waals surface area contributed by atoms with E-state index in [1.807, 2.05) is 0 Å². The lowest BCUT2D eigenvalue weighted by Crippen LogP contribution is -2.33. The third-order valence-corrected chi connectivity index (χ3v) is 2.31. The van der Waals surface area contributed by atoms with Crippen molar-refractivity contribution in [2.75, 3.05) is 18.9 Å². The highest BCUT2D eigenvalue weighted by Gasteiger charge is 2.10. The average Bonchev–Trinajstić information content (AvgIpc) is 2.28. The molecule has 2 N–H and O–H groups in total. The monoisotopic (exact) mass is 250 g/mol. The zero-order valence-electron chi connectivity index (χ0n) is 10.1. The van der Waals surface area contributed by atoms with Crippen molar-refractivity contribution in [3.05, 3.63) is 29.8 Å². The van der Waals surface area contributed by atoms with Crippen molar-refractivity contribution in [2.24, 2.45) is 0 Å². The number of hydrogen-bond acceptors (Lipinski definition) is 3. The van der Waals surface area contributed by atoms with E-state index in [2.05, 4.69) is 5.32 Å². The molecule has 0 unspecified atom stereocenters. The van der Waals surface area contributed by atoms with Crippen LogP contribution in [0.3, 0.4) is 0 Å². The van der Waals surface area contributed by atoms with Crippen LogP contribution in [0.25, 0.3) is 0 Å². The second kappa shape index (κ2) is 5.81. The number of benzene rings is 1. The van der Waals surface area contributed by atoms with Gasteiger partial charge in [-0.3, -0.25) is 9.59 Å². The van der Waals surface area contributed by atoms with Crippen LogP contribution in [-0.4, -0.2) is 41.4 Å². The summed E-state index contributed by atoms with van der Waals surface area (Å²) in [5.74, 6) is -1.66. The van der Waals surface area contributed by atoms with E-state index < -0.39 is 5.97 Å². The molecule has 0 fully saturated rings. The number of nitrogens with zero attached hydrogens (tertiary/aromatic N) is 1. The molecule has 18 heavy (non-hydrogen) atoms. The molecule has 0 bridgehead atoms. The number of nitrogens with one attached hydrogen (secondary N) is 1. The van der Waals surface area contributed by atoms with Crippen LogP contribution in [0.1, 0.15) is 17.3 Å². The van der Waals surface area contributed by atoms with Crippen LogP contribution in [-0.2, 0) is 9.59 Å². The molecule has 1 aromatic carbocycles. The van der Waals surface area contributed by atoms with E-state index in [1.54, 1.807) is 6.07 Å². The van der Waals surface area contributed by atoms with Crippen LogP contribution >= 0.6 is 0 Å². The van der Waals surface area contributed by atoms with E-state index in [-0.39, 0.29) is 23.9 Å². The van der Waals surface area contributed by atoms with Gasteiger partial charge in [0.15, 0.2) is 0 Å². The number of amides is 2. The maximum absolute atomic E-state index is 11.6. The summed E-state index contributed by atoms with van der Waals surface area (Å²) in [6.07, 6.45) is 0. The van der Waals surface area contributed by atoms with Gasteiger partial charge in [-0.2, -0.15) is 0 Å². The van der Waals surface area contributed by atoms with Gasteiger partial charge in [-0.05, 0) is 18.2 Å². The lowest BCUT2D eigenvalue weighted by atomic mass is 10.2. The van der Waals surface area contributed by atoms with Crippen molar-refractivity contribution < 1.29 is 19.5 Å². The Morgan fingerprint density at radius 1 is 1.33 bits per heavy atom. The second-order valence-corrected chi connectivity index (χ2v) is 3.81. The van der Waals surface area contributed by atoms with E-state index in [0.717, 1.165) is 0 Å². The molecule has 6 heteroatoms. The summed E-state index contributed by atoms with van der Waals surface area (Å²) >= 11 is 0. The number of carboxylic acids is 1. The largest absolute Gasteiger partial charge is 0.478 e. The molecular formula is C12H14N2O4. The second-order valence-electron chi connectivity index (χ2n) is 3.81. The van der Waals surface area contributed by atoms with Crippen LogP contribution in [0, 0.1) is 0 Å². The molecule has 1 rings (SSSR count). The van der Waals surface area contributed by atoms with Gasteiger partial charge in [-0.25, -0.2) is 4.79 Å². The predicted octanol–water partition coefficient (Wildman–Crippen LogP) is 0.802. The van der Waals surface area contributed by atoms with Crippen LogP contribution in [0.2, 0.25) is 0 Å². The van der Waals surface area contributed by atoms with Crippen molar-refractivity contribution in [3.8, 4) is 0 Å². The van der Waals surface area contributed by atoms with Crippen molar-refractivity contribution in [3.63, 3.8) is 0 Å². The van der Waals surface area contributed by atoms with E-state index in [1.165, 1.54) is 37.1 Å². The first-order valence-electron chi connectivity index (χ1n) is 5.25. The minimum Gasteiger partial charge on any atom is -0.478 e. The van der Waals surface area contributed by atoms with Gasteiger partial charge in [0.05, 0.1) is 12.1 Å². The summed E-state index contributed by atoms with van der Waals surface area (Å²) < 4.78 is 0. The van der Waals surface area contributed by atoms with Gasteiger partial charge in [-0.1, -0.05) is 6.07 Å².